The maximum absolute atomic E-state index is 12.0. The van der Waals surface area contributed by atoms with Crippen molar-refractivity contribution in [1.29, 1.82) is 0 Å². The zero-order valence-electron chi connectivity index (χ0n) is 9.15. The maximum atomic E-state index is 12.0. The number of aliphatic hydroxyl groups is 1. The zero-order chi connectivity index (χ0) is 13.8. The Morgan fingerprint density at radius 1 is 1.33 bits per heavy atom. The zero-order valence-corrected chi connectivity index (χ0v) is 9.15. The molecule has 1 aromatic rings. The van der Waals surface area contributed by atoms with Gasteiger partial charge in [-0.25, -0.2) is 0 Å². The minimum atomic E-state index is -4.76. The van der Waals surface area contributed by atoms with E-state index < -0.39 is 24.9 Å². The van der Waals surface area contributed by atoms with Crippen LogP contribution in [0, 0.1) is 0 Å². The molecule has 2 N–H and O–H groups in total. The van der Waals surface area contributed by atoms with Crippen LogP contribution in [-0.4, -0.2) is 35.1 Å². The molecule has 0 bridgehead atoms. The van der Waals surface area contributed by atoms with Gasteiger partial charge in [-0.3, -0.25) is 4.79 Å². The highest BCUT2D eigenvalue weighted by molar-refractivity contribution is 5.71. The van der Waals surface area contributed by atoms with E-state index in [9.17, 15) is 18.0 Å². The first kappa shape index (κ1) is 14.3. The van der Waals surface area contributed by atoms with Gasteiger partial charge in [0, 0.05) is 5.56 Å². The monoisotopic (exact) mass is 264 g/mol. The van der Waals surface area contributed by atoms with E-state index in [1.54, 1.807) is 6.07 Å². The van der Waals surface area contributed by atoms with Gasteiger partial charge < -0.3 is 14.9 Å². The Bertz CT molecular complexity index is 417. The molecule has 0 heterocycles. The van der Waals surface area contributed by atoms with E-state index in [4.69, 9.17) is 14.9 Å². The number of aliphatic carboxylic acids is 1. The third-order valence-electron chi connectivity index (χ3n) is 2.09. The van der Waals surface area contributed by atoms with Gasteiger partial charge >= 0.3 is 12.1 Å². The molecule has 0 amide bonds. The smallest absolute Gasteiger partial charge is 0.417 e. The Balaban J connectivity index is 2.70. The van der Waals surface area contributed by atoms with E-state index in [1.165, 1.54) is 18.2 Å². The van der Waals surface area contributed by atoms with Crippen molar-refractivity contribution in [2.75, 3.05) is 6.61 Å². The number of carboxylic acids is 1. The van der Waals surface area contributed by atoms with Gasteiger partial charge in [-0.1, -0.05) is 18.2 Å². The Morgan fingerprint density at radius 3 is 2.50 bits per heavy atom. The fourth-order valence-electron chi connectivity index (χ4n) is 1.22. The molecule has 18 heavy (non-hydrogen) atoms. The van der Waals surface area contributed by atoms with Crippen LogP contribution >= 0.6 is 0 Å². The number of hydrogen-bond donors (Lipinski definition) is 2. The number of aliphatic hydroxyl groups excluding tert-OH is 1. The van der Waals surface area contributed by atoms with Gasteiger partial charge in [-0.2, -0.15) is 13.2 Å². The third-order valence-corrected chi connectivity index (χ3v) is 2.09. The van der Waals surface area contributed by atoms with E-state index in [0.717, 1.165) is 0 Å². The molecule has 0 aromatic heterocycles. The van der Waals surface area contributed by atoms with Gasteiger partial charge in [-0.05, 0) is 6.07 Å². The highest BCUT2D eigenvalue weighted by atomic mass is 19.4. The van der Waals surface area contributed by atoms with E-state index in [1.807, 2.05) is 0 Å². The summed E-state index contributed by atoms with van der Waals surface area (Å²) >= 11 is 0. The van der Waals surface area contributed by atoms with Gasteiger partial charge in [-0.15, -0.1) is 0 Å². The number of benzene rings is 1. The topological polar surface area (TPSA) is 66.8 Å². The molecule has 0 aliphatic carbocycles. The van der Waals surface area contributed by atoms with Gasteiger partial charge in [0.2, 0.25) is 0 Å². The maximum Gasteiger partial charge on any atom is 0.417 e. The Kier molecular flexibility index (Phi) is 4.55. The summed E-state index contributed by atoms with van der Waals surface area (Å²) in [4.78, 5) is 10.5. The number of alkyl halides is 3. The van der Waals surface area contributed by atoms with Gasteiger partial charge in [0.25, 0.3) is 0 Å². The van der Waals surface area contributed by atoms with E-state index in [-0.39, 0.29) is 17.7 Å². The summed E-state index contributed by atoms with van der Waals surface area (Å²) < 4.78 is 40.9. The fourth-order valence-corrected chi connectivity index (χ4v) is 1.22. The molecule has 0 fully saturated rings. The molecule has 0 aliphatic rings. The Hall–Kier alpha value is -1.76. The van der Waals surface area contributed by atoms with Crippen LogP contribution in [0.1, 0.15) is 5.56 Å². The predicted molar refractivity (Wildman–Crippen MR) is 55.3 cm³/mol. The summed E-state index contributed by atoms with van der Waals surface area (Å²) in [5.41, 5.74) is 0.249. The van der Waals surface area contributed by atoms with Crippen LogP contribution in [0.15, 0.2) is 24.3 Å². The second kappa shape index (κ2) is 5.72. The average Bonchev–Trinajstić information content (AvgIpc) is 2.25. The fraction of sp³-hybridized carbons (Fsp3) is 0.364. The summed E-state index contributed by atoms with van der Waals surface area (Å²) in [5, 5.41) is 17.4. The average molecular weight is 264 g/mol. The first-order valence-corrected chi connectivity index (χ1v) is 4.98. The summed E-state index contributed by atoms with van der Waals surface area (Å²) in [6, 6.07) is 5.83. The largest absolute Gasteiger partial charge is 0.490 e. The van der Waals surface area contributed by atoms with Crippen LogP contribution in [0.4, 0.5) is 13.2 Å². The van der Waals surface area contributed by atoms with Crippen molar-refractivity contribution in [2.24, 2.45) is 0 Å². The SMILES string of the molecule is O=C(O)Cc1ccccc1OCC(O)C(F)(F)F. The third kappa shape index (κ3) is 4.25. The Labute approximate surface area is 101 Å². The molecule has 0 saturated heterocycles. The van der Waals surface area contributed by atoms with Crippen LogP contribution < -0.4 is 4.74 Å². The van der Waals surface area contributed by atoms with Crippen molar-refractivity contribution in [3.8, 4) is 5.75 Å². The number of halogens is 3. The number of carboxylic acid groups (broad SMARTS) is 1. The molecule has 1 atom stereocenters. The molecule has 100 valence electrons. The minimum Gasteiger partial charge on any atom is -0.490 e. The van der Waals surface area contributed by atoms with Crippen LogP contribution in [0.25, 0.3) is 0 Å². The van der Waals surface area contributed by atoms with Crippen molar-refractivity contribution < 1.29 is 32.9 Å². The summed E-state index contributed by atoms with van der Waals surface area (Å²) in [6.07, 6.45) is -7.73. The summed E-state index contributed by atoms with van der Waals surface area (Å²) in [5.74, 6) is -1.11. The van der Waals surface area contributed by atoms with Crippen LogP contribution in [-0.2, 0) is 11.2 Å². The van der Waals surface area contributed by atoms with Crippen LogP contribution in [0.5, 0.6) is 5.75 Å². The lowest BCUT2D eigenvalue weighted by Crippen LogP contribution is -2.34. The Morgan fingerprint density at radius 2 is 1.94 bits per heavy atom. The molecule has 0 aliphatic heterocycles. The molecule has 1 unspecified atom stereocenters. The van der Waals surface area contributed by atoms with Crippen LogP contribution in [0.2, 0.25) is 0 Å². The number of para-hydroxylation sites is 1. The normalized spacial score (nSPS) is 13.1. The summed E-state index contributed by atoms with van der Waals surface area (Å²) in [6.45, 7) is -0.972. The van der Waals surface area contributed by atoms with Gasteiger partial charge in [0.15, 0.2) is 6.10 Å². The lowest BCUT2D eigenvalue weighted by atomic mass is 10.1. The van der Waals surface area contributed by atoms with Crippen molar-refractivity contribution in [3.63, 3.8) is 0 Å². The second-order valence-electron chi connectivity index (χ2n) is 3.55. The highest BCUT2D eigenvalue weighted by Gasteiger charge is 2.38. The number of ether oxygens (including phenoxy) is 1. The molecule has 7 heteroatoms. The van der Waals surface area contributed by atoms with Gasteiger partial charge in [0.1, 0.15) is 12.4 Å². The van der Waals surface area contributed by atoms with E-state index in [0.29, 0.717) is 0 Å². The first-order valence-electron chi connectivity index (χ1n) is 4.98. The van der Waals surface area contributed by atoms with Crippen LogP contribution in [0.3, 0.4) is 0 Å². The quantitative estimate of drug-likeness (QED) is 0.848. The van der Waals surface area contributed by atoms with Crippen molar-refractivity contribution in [1.82, 2.24) is 0 Å². The predicted octanol–water partition coefficient (Wildman–Crippen LogP) is 1.62. The standard InChI is InChI=1S/C11H11F3O4/c12-11(13,14)9(15)6-18-8-4-2-1-3-7(8)5-10(16)17/h1-4,9,15H,5-6H2,(H,16,17). The van der Waals surface area contributed by atoms with E-state index >= 15 is 0 Å². The molecular weight excluding hydrogens is 253 g/mol. The first-order chi connectivity index (χ1) is 8.30. The van der Waals surface area contributed by atoms with Crippen molar-refractivity contribution in [2.45, 2.75) is 18.7 Å². The lowest BCUT2D eigenvalue weighted by molar-refractivity contribution is -0.210. The number of rotatable bonds is 5. The molecule has 0 radical (unpaired) electrons. The van der Waals surface area contributed by atoms with Gasteiger partial charge in [0.05, 0.1) is 6.42 Å². The highest BCUT2D eigenvalue weighted by Crippen LogP contribution is 2.23. The lowest BCUT2D eigenvalue weighted by Gasteiger charge is -2.16. The number of carbonyl (C=O) groups is 1. The molecule has 1 aromatic carbocycles. The molecular formula is C11H11F3O4. The molecule has 0 saturated carbocycles. The van der Waals surface area contributed by atoms with Crippen molar-refractivity contribution >= 4 is 5.97 Å². The summed E-state index contributed by atoms with van der Waals surface area (Å²) in [7, 11) is 0. The second-order valence-corrected chi connectivity index (χ2v) is 3.55. The minimum absolute atomic E-state index is 0.0169. The molecule has 0 spiro atoms. The molecule has 4 nitrogen and oxygen atoms in total. The molecule has 1 rings (SSSR count). The number of hydrogen-bond acceptors (Lipinski definition) is 3. The van der Waals surface area contributed by atoms with Crippen molar-refractivity contribution in [3.05, 3.63) is 29.8 Å². The van der Waals surface area contributed by atoms with E-state index in [2.05, 4.69) is 0 Å².